The number of aryl methyl sites for hydroxylation is 1. The van der Waals surface area contributed by atoms with Crippen molar-refractivity contribution >= 4 is 21.7 Å². The molecule has 0 unspecified atom stereocenters. The van der Waals surface area contributed by atoms with Crippen molar-refractivity contribution in [3.05, 3.63) is 57.8 Å². The van der Waals surface area contributed by atoms with Gasteiger partial charge in [0.25, 0.3) is 0 Å². The molecule has 0 spiro atoms. The van der Waals surface area contributed by atoms with E-state index in [2.05, 4.69) is 15.9 Å². The maximum absolute atomic E-state index is 13.1. The van der Waals surface area contributed by atoms with Crippen LogP contribution in [-0.4, -0.2) is 19.5 Å². The first kappa shape index (κ1) is 15.5. The number of ether oxygens (including phenoxy) is 2. The largest absolute Gasteiger partial charge is 0.496 e. The second-order valence-corrected chi connectivity index (χ2v) is 5.33. The average molecular weight is 353 g/mol. The number of hydrogen-bond acceptors (Lipinski definition) is 3. The molecule has 110 valence electrons. The predicted octanol–water partition coefficient (Wildman–Crippen LogP) is 4.17. The highest BCUT2D eigenvalue weighted by atomic mass is 79.9. The predicted molar refractivity (Wildman–Crippen MR) is 81.7 cm³/mol. The molecule has 0 radical (unpaired) electrons. The van der Waals surface area contributed by atoms with Gasteiger partial charge in [0.15, 0.2) is 12.4 Å². The van der Waals surface area contributed by atoms with E-state index in [-0.39, 0.29) is 18.2 Å². The SMILES string of the molecule is COc1ccc(C(=O)COc2ccc(F)c(C)c2)cc1Br. The molecule has 0 atom stereocenters. The van der Waals surface area contributed by atoms with Gasteiger partial charge < -0.3 is 9.47 Å². The number of hydrogen-bond donors (Lipinski definition) is 0. The lowest BCUT2D eigenvalue weighted by molar-refractivity contribution is 0.0921. The molecule has 0 saturated carbocycles. The van der Waals surface area contributed by atoms with Crippen molar-refractivity contribution in [2.24, 2.45) is 0 Å². The summed E-state index contributed by atoms with van der Waals surface area (Å²) < 4.78 is 24.3. The van der Waals surface area contributed by atoms with Crippen molar-refractivity contribution in [3.8, 4) is 11.5 Å². The van der Waals surface area contributed by atoms with Crippen LogP contribution in [0.25, 0.3) is 0 Å². The molecule has 0 amide bonds. The topological polar surface area (TPSA) is 35.5 Å². The Labute approximate surface area is 130 Å². The highest BCUT2D eigenvalue weighted by Gasteiger charge is 2.10. The maximum Gasteiger partial charge on any atom is 0.200 e. The van der Waals surface area contributed by atoms with Gasteiger partial charge in [0, 0.05) is 5.56 Å². The third-order valence-electron chi connectivity index (χ3n) is 2.97. The summed E-state index contributed by atoms with van der Waals surface area (Å²) in [5, 5.41) is 0. The molecule has 0 aliphatic rings. The van der Waals surface area contributed by atoms with E-state index >= 15 is 0 Å². The van der Waals surface area contributed by atoms with Crippen LogP contribution in [0.5, 0.6) is 11.5 Å². The Morgan fingerprint density at radius 1 is 1.24 bits per heavy atom. The highest BCUT2D eigenvalue weighted by molar-refractivity contribution is 9.10. The van der Waals surface area contributed by atoms with Crippen LogP contribution in [0.3, 0.4) is 0 Å². The number of rotatable bonds is 5. The van der Waals surface area contributed by atoms with Gasteiger partial charge >= 0.3 is 0 Å². The Bertz CT molecular complexity index is 671. The first-order valence-electron chi connectivity index (χ1n) is 6.27. The van der Waals surface area contributed by atoms with Crippen LogP contribution in [-0.2, 0) is 0 Å². The minimum atomic E-state index is -0.298. The molecule has 2 rings (SSSR count). The fourth-order valence-corrected chi connectivity index (χ4v) is 2.32. The Morgan fingerprint density at radius 2 is 2.00 bits per heavy atom. The zero-order chi connectivity index (χ0) is 15.4. The summed E-state index contributed by atoms with van der Waals surface area (Å²) in [5.41, 5.74) is 0.994. The minimum absolute atomic E-state index is 0.107. The van der Waals surface area contributed by atoms with Crippen molar-refractivity contribution in [1.82, 2.24) is 0 Å². The van der Waals surface area contributed by atoms with E-state index in [4.69, 9.17) is 9.47 Å². The van der Waals surface area contributed by atoms with E-state index in [0.717, 1.165) is 0 Å². The molecule has 0 heterocycles. The fourth-order valence-electron chi connectivity index (χ4n) is 1.78. The monoisotopic (exact) mass is 352 g/mol. The first-order valence-corrected chi connectivity index (χ1v) is 7.06. The van der Waals surface area contributed by atoms with Crippen molar-refractivity contribution in [2.75, 3.05) is 13.7 Å². The Morgan fingerprint density at radius 3 is 2.62 bits per heavy atom. The van der Waals surface area contributed by atoms with Crippen molar-refractivity contribution in [2.45, 2.75) is 6.92 Å². The third-order valence-corrected chi connectivity index (χ3v) is 3.59. The molecule has 2 aromatic rings. The van der Waals surface area contributed by atoms with Gasteiger partial charge in [0.05, 0.1) is 11.6 Å². The lowest BCUT2D eigenvalue weighted by atomic mass is 10.1. The van der Waals surface area contributed by atoms with E-state index in [1.807, 2.05) is 0 Å². The molecule has 0 aliphatic heterocycles. The van der Waals surface area contributed by atoms with Crippen molar-refractivity contribution in [3.63, 3.8) is 0 Å². The van der Waals surface area contributed by atoms with Gasteiger partial charge in [-0.1, -0.05) is 0 Å². The molecule has 0 aromatic heterocycles. The van der Waals surface area contributed by atoms with E-state index < -0.39 is 0 Å². The van der Waals surface area contributed by atoms with Gasteiger partial charge in [0.2, 0.25) is 0 Å². The second-order valence-electron chi connectivity index (χ2n) is 4.47. The van der Waals surface area contributed by atoms with E-state index in [0.29, 0.717) is 27.1 Å². The minimum Gasteiger partial charge on any atom is -0.496 e. The zero-order valence-electron chi connectivity index (χ0n) is 11.7. The third kappa shape index (κ3) is 3.82. The molecule has 2 aromatic carbocycles. The standard InChI is InChI=1S/C16H14BrFO3/c1-10-7-12(4-5-14(10)18)21-9-15(19)11-3-6-16(20-2)13(17)8-11/h3-8H,9H2,1-2H3. The van der Waals surface area contributed by atoms with Crippen LogP contribution in [0, 0.1) is 12.7 Å². The highest BCUT2D eigenvalue weighted by Crippen LogP contribution is 2.25. The van der Waals surface area contributed by atoms with E-state index in [9.17, 15) is 9.18 Å². The van der Waals surface area contributed by atoms with Crippen LogP contribution in [0.1, 0.15) is 15.9 Å². The van der Waals surface area contributed by atoms with E-state index in [1.54, 1.807) is 38.3 Å². The first-order chi connectivity index (χ1) is 10.0. The van der Waals surface area contributed by atoms with Gasteiger partial charge in [-0.2, -0.15) is 0 Å². The van der Waals surface area contributed by atoms with Crippen LogP contribution in [0.15, 0.2) is 40.9 Å². The number of ketones is 1. The summed E-state index contributed by atoms with van der Waals surface area (Å²) in [7, 11) is 1.56. The average Bonchev–Trinajstić information content (AvgIpc) is 2.48. The summed E-state index contributed by atoms with van der Waals surface area (Å²) in [6, 6.07) is 9.44. The summed E-state index contributed by atoms with van der Waals surface area (Å²) in [5.74, 6) is 0.657. The van der Waals surface area contributed by atoms with Crippen molar-refractivity contribution in [1.29, 1.82) is 0 Å². The lowest BCUT2D eigenvalue weighted by Crippen LogP contribution is -2.11. The molecular formula is C16H14BrFO3. The van der Waals surface area contributed by atoms with Crippen LogP contribution in [0.2, 0.25) is 0 Å². The number of Topliss-reactive ketones (excluding diaryl/α,β-unsaturated/α-hetero) is 1. The quantitative estimate of drug-likeness (QED) is 0.757. The summed E-state index contributed by atoms with van der Waals surface area (Å²) >= 11 is 3.33. The molecule has 3 nitrogen and oxygen atoms in total. The number of carbonyl (C=O) groups excluding carboxylic acids is 1. The number of halogens is 2. The summed E-state index contributed by atoms with van der Waals surface area (Å²) in [6.07, 6.45) is 0. The number of methoxy groups -OCH3 is 1. The van der Waals surface area contributed by atoms with Gasteiger partial charge in [-0.3, -0.25) is 4.79 Å². The summed E-state index contributed by atoms with van der Waals surface area (Å²) in [4.78, 5) is 12.1. The van der Waals surface area contributed by atoms with Gasteiger partial charge in [-0.15, -0.1) is 0 Å². The number of benzene rings is 2. The second kappa shape index (κ2) is 6.72. The number of carbonyl (C=O) groups is 1. The molecule has 0 saturated heterocycles. The van der Waals surface area contributed by atoms with Gasteiger partial charge in [-0.05, 0) is 64.8 Å². The smallest absolute Gasteiger partial charge is 0.200 e. The Hall–Kier alpha value is -1.88. The zero-order valence-corrected chi connectivity index (χ0v) is 13.2. The Balaban J connectivity index is 2.04. The fraction of sp³-hybridized carbons (Fsp3) is 0.188. The van der Waals surface area contributed by atoms with Crippen LogP contribution < -0.4 is 9.47 Å². The molecular weight excluding hydrogens is 339 g/mol. The Kier molecular flexibility index (Phi) is 4.96. The molecule has 21 heavy (non-hydrogen) atoms. The van der Waals surface area contributed by atoms with E-state index in [1.165, 1.54) is 12.1 Å². The normalized spacial score (nSPS) is 10.3. The molecule has 0 fully saturated rings. The molecule has 0 aliphatic carbocycles. The lowest BCUT2D eigenvalue weighted by Gasteiger charge is -2.08. The van der Waals surface area contributed by atoms with Gasteiger partial charge in [0.1, 0.15) is 17.3 Å². The van der Waals surface area contributed by atoms with Gasteiger partial charge in [-0.25, -0.2) is 4.39 Å². The summed E-state index contributed by atoms with van der Waals surface area (Å²) in [6.45, 7) is 1.54. The van der Waals surface area contributed by atoms with Crippen LogP contribution in [0.4, 0.5) is 4.39 Å². The molecule has 0 bridgehead atoms. The molecule has 5 heteroatoms. The van der Waals surface area contributed by atoms with Crippen molar-refractivity contribution < 1.29 is 18.7 Å². The maximum atomic E-state index is 13.1. The van der Waals surface area contributed by atoms with Crippen LogP contribution >= 0.6 is 15.9 Å². The molecule has 0 N–H and O–H groups in total.